The maximum atomic E-state index is 12.7. The van der Waals surface area contributed by atoms with E-state index in [0.717, 1.165) is 27.5 Å². The van der Waals surface area contributed by atoms with Crippen molar-refractivity contribution >= 4 is 33.5 Å². The van der Waals surface area contributed by atoms with Gasteiger partial charge >= 0.3 is 0 Å². The first kappa shape index (κ1) is 17.3. The van der Waals surface area contributed by atoms with Crippen molar-refractivity contribution in [3.05, 3.63) is 89.7 Å². The Kier molecular flexibility index (Phi) is 3.98. The van der Waals surface area contributed by atoms with Gasteiger partial charge in [0.05, 0.1) is 0 Å². The summed E-state index contributed by atoms with van der Waals surface area (Å²) in [6, 6.07) is 23.2. The number of carbonyl (C=O) groups is 1. The predicted molar refractivity (Wildman–Crippen MR) is 115 cm³/mol. The molecule has 2 aromatic heterocycles. The minimum absolute atomic E-state index is 0.267. The quantitative estimate of drug-likeness (QED) is 0.378. The molecule has 0 bridgehead atoms. The van der Waals surface area contributed by atoms with Crippen molar-refractivity contribution in [2.45, 2.75) is 13.8 Å². The molecule has 3 aromatic carbocycles. The number of aryl methyl sites for hydroxylation is 2. The van der Waals surface area contributed by atoms with Crippen molar-refractivity contribution in [3.63, 3.8) is 0 Å². The number of carbonyl (C=O) groups excluding carboxylic acids is 1. The molecule has 0 unspecified atom stereocenters. The van der Waals surface area contributed by atoms with Gasteiger partial charge in [-0.1, -0.05) is 30.3 Å². The minimum Gasteiger partial charge on any atom is -0.456 e. The lowest BCUT2D eigenvalue weighted by atomic mass is 10.1. The average molecular weight is 381 g/mol. The summed E-state index contributed by atoms with van der Waals surface area (Å²) < 4.78 is 11.7. The van der Waals surface area contributed by atoms with E-state index in [0.29, 0.717) is 11.4 Å². The van der Waals surface area contributed by atoms with Gasteiger partial charge in [0.15, 0.2) is 5.76 Å². The number of fused-ring (bicyclic) bond motifs is 3. The molecule has 5 aromatic rings. The van der Waals surface area contributed by atoms with Crippen molar-refractivity contribution in [2.24, 2.45) is 0 Å². The molecule has 1 amide bonds. The summed E-state index contributed by atoms with van der Waals surface area (Å²) in [4.78, 5) is 12.7. The van der Waals surface area contributed by atoms with Crippen LogP contribution in [-0.2, 0) is 0 Å². The number of hydrogen-bond donors (Lipinski definition) is 1. The highest BCUT2D eigenvalue weighted by Crippen LogP contribution is 2.31. The van der Waals surface area contributed by atoms with Crippen molar-refractivity contribution < 1.29 is 13.6 Å². The number of hydrogen-bond acceptors (Lipinski definition) is 3. The fraction of sp³-hybridized carbons (Fsp3) is 0.0800. The topological polar surface area (TPSA) is 55.4 Å². The van der Waals surface area contributed by atoms with Crippen molar-refractivity contribution in [3.8, 4) is 11.3 Å². The SMILES string of the molecule is Cc1ccc(-c2ccc(C(=O)Nc3ccc4c(c3)oc3ccccc34)o2)cc1C. The molecule has 0 spiro atoms. The van der Waals surface area contributed by atoms with E-state index in [4.69, 9.17) is 8.83 Å². The first-order chi connectivity index (χ1) is 14.1. The second-order valence-corrected chi connectivity index (χ2v) is 7.23. The number of nitrogens with one attached hydrogen (secondary N) is 1. The van der Waals surface area contributed by atoms with Crippen LogP contribution in [-0.4, -0.2) is 5.91 Å². The summed E-state index contributed by atoms with van der Waals surface area (Å²) in [5.41, 5.74) is 5.58. The normalized spacial score (nSPS) is 11.2. The first-order valence-corrected chi connectivity index (χ1v) is 9.48. The average Bonchev–Trinajstić information content (AvgIpc) is 3.34. The van der Waals surface area contributed by atoms with Crippen LogP contribution in [0.3, 0.4) is 0 Å². The van der Waals surface area contributed by atoms with E-state index in [1.54, 1.807) is 6.07 Å². The molecule has 0 atom stereocenters. The number of rotatable bonds is 3. The third-order valence-electron chi connectivity index (χ3n) is 5.26. The van der Waals surface area contributed by atoms with Crippen molar-refractivity contribution in [2.75, 3.05) is 5.32 Å². The van der Waals surface area contributed by atoms with E-state index in [2.05, 4.69) is 31.3 Å². The van der Waals surface area contributed by atoms with Crippen LogP contribution in [0.1, 0.15) is 21.7 Å². The smallest absolute Gasteiger partial charge is 0.291 e. The number of benzene rings is 3. The van der Waals surface area contributed by atoms with Gasteiger partial charge < -0.3 is 14.2 Å². The van der Waals surface area contributed by atoms with Gasteiger partial charge in [0, 0.05) is 28.1 Å². The zero-order chi connectivity index (χ0) is 20.0. The molecule has 1 N–H and O–H groups in total. The van der Waals surface area contributed by atoms with Crippen molar-refractivity contribution in [1.29, 1.82) is 0 Å². The Morgan fingerprint density at radius 1 is 0.759 bits per heavy atom. The highest BCUT2D eigenvalue weighted by Gasteiger charge is 2.14. The molecule has 29 heavy (non-hydrogen) atoms. The zero-order valence-corrected chi connectivity index (χ0v) is 16.2. The van der Waals surface area contributed by atoms with Gasteiger partial charge in [0.1, 0.15) is 16.9 Å². The summed E-state index contributed by atoms with van der Waals surface area (Å²) in [5.74, 6) is 0.643. The molecular formula is C25H19NO3. The van der Waals surface area contributed by atoms with Gasteiger partial charge in [-0.25, -0.2) is 0 Å². The monoisotopic (exact) mass is 381 g/mol. The zero-order valence-electron chi connectivity index (χ0n) is 16.2. The molecular weight excluding hydrogens is 362 g/mol. The number of anilines is 1. The Bertz CT molecular complexity index is 1370. The van der Waals surface area contributed by atoms with Crippen LogP contribution < -0.4 is 5.32 Å². The second kappa shape index (κ2) is 6.67. The lowest BCUT2D eigenvalue weighted by molar-refractivity contribution is 0.0997. The Labute approximate surface area is 167 Å². The van der Waals surface area contributed by atoms with Gasteiger partial charge in [-0.05, 0) is 61.4 Å². The Hall–Kier alpha value is -3.79. The van der Waals surface area contributed by atoms with E-state index in [9.17, 15) is 4.79 Å². The summed E-state index contributed by atoms with van der Waals surface area (Å²) in [6.45, 7) is 4.13. The van der Waals surface area contributed by atoms with E-state index in [-0.39, 0.29) is 11.7 Å². The lowest BCUT2D eigenvalue weighted by Crippen LogP contribution is -2.10. The molecule has 142 valence electrons. The Morgan fingerprint density at radius 2 is 1.59 bits per heavy atom. The third kappa shape index (κ3) is 3.09. The van der Waals surface area contributed by atoms with Crippen LogP contribution in [0.4, 0.5) is 5.69 Å². The molecule has 0 saturated carbocycles. The summed E-state index contributed by atoms with van der Waals surface area (Å²) >= 11 is 0. The largest absolute Gasteiger partial charge is 0.456 e. The Morgan fingerprint density at radius 3 is 2.45 bits per heavy atom. The lowest BCUT2D eigenvalue weighted by Gasteiger charge is -2.04. The van der Waals surface area contributed by atoms with E-state index < -0.39 is 0 Å². The maximum Gasteiger partial charge on any atom is 0.291 e. The standard InChI is InChI=1S/C25H19NO3/c1-15-7-8-17(13-16(15)2)21-11-12-23(28-21)25(27)26-18-9-10-20-19-5-3-4-6-22(19)29-24(20)14-18/h3-14H,1-2H3,(H,26,27). The molecule has 4 nitrogen and oxygen atoms in total. The minimum atomic E-state index is -0.296. The molecule has 0 saturated heterocycles. The van der Waals surface area contributed by atoms with Gasteiger partial charge in [-0.2, -0.15) is 0 Å². The van der Waals surface area contributed by atoms with Crippen LogP contribution in [0.15, 0.2) is 81.6 Å². The molecule has 4 heteroatoms. The van der Waals surface area contributed by atoms with Crippen LogP contribution in [0, 0.1) is 13.8 Å². The fourth-order valence-electron chi connectivity index (χ4n) is 3.51. The van der Waals surface area contributed by atoms with E-state index >= 15 is 0 Å². The second-order valence-electron chi connectivity index (χ2n) is 7.23. The molecule has 0 fully saturated rings. The number of furan rings is 2. The number of para-hydroxylation sites is 1. The summed E-state index contributed by atoms with van der Waals surface area (Å²) in [6.07, 6.45) is 0. The van der Waals surface area contributed by atoms with Gasteiger partial charge in [-0.3, -0.25) is 4.79 Å². The van der Waals surface area contributed by atoms with Crippen LogP contribution in [0.5, 0.6) is 0 Å². The summed E-state index contributed by atoms with van der Waals surface area (Å²) in [7, 11) is 0. The van der Waals surface area contributed by atoms with Gasteiger partial charge in [-0.15, -0.1) is 0 Å². The van der Waals surface area contributed by atoms with Gasteiger partial charge in [0.25, 0.3) is 5.91 Å². The molecule has 2 heterocycles. The Balaban J connectivity index is 1.41. The maximum absolute atomic E-state index is 12.7. The van der Waals surface area contributed by atoms with Crippen LogP contribution in [0.25, 0.3) is 33.3 Å². The highest BCUT2D eigenvalue weighted by atomic mass is 16.4. The number of amides is 1. The van der Waals surface area contributed by atoms with Crippen LogP contribution in [0.2, 0.25) is 0 Å². The summed E-state index contributed by atoms with van der Waals surface area (Å²) in [5, 5.41) is 4.97. The predicted octanol–water partition coefficient (Wildman–Crippen LogP) is 6.72. The van der Waals surface area contributed by atoms with E-state index in [1.807, 2.05) is 54.6 Å². The van der Waals surface area contributed by atoms with Crippen LogP contribution >= 0.6 is 0 Å². The van der Waals surface area contributed by atoms with E-state index in [1.165, 1.54) is 11.1 Å². The first-order valence-electron chi connectivity index (χ1n) is 9.48. The van der Waals surface area contributed by atoms with Crippen molar-refractivity contribution in [1.82, 2.24) is 0 Å². The molecule has 0 aliphatic heterocycles. The highest BCUT2D eigenvalue weighted by molar-refractivity contribution is 6.08. The van der Waals surface area contributed by atoms with Gasteiger partial charge in [0.2, 0.25) is 0 Å². The molecule has 0 aliphatic rings. The fourth-order valence-corrected chi connectivity index (χ4v) is 3.51. The molecule has 5 rings (SSSR count). The third-order valence-corrected chi connectivity index (χ3v) is 5.26. The molecule has 0 radical (unpaired) electrons. The molecule has 0 aliphatic carbocycles.